The molecule has 2 aliphatic rings. The molecule has 98 valence electrons. The molecule has 2 fully saturated rings. The zero-order chi connectivity index (χ0) is 12.7. The minimum absolute atomic E-state index is 0.0176. The molecule has 1 aromatic heterocycles. The molecular weight excluding hydrogens is 228 g/mol. The highest BCUT2D eigenvalue weighted by Crippen LogP contribution is 2.47. The Morgan fingerprint density at radius 1 is 1.56 bits per heavy atom. The summed E-state index contributed by atoms with van der Waals surface area (Å²) in [6, 6.07) is 0.0603. The Bertz CT molecular complexity index is 454. The standard InChI is InChI=1S/C13H20N4O/c1-17-5-4-15-10(17)7-16-13(18)11-8-2-3-9(6-8)12(11)14/h4-5,8-9,11-12H,2-3,6-7,14H2,1H3,(H,16,18). The number of imidazole rings is 1. The van der Waals surface area contributed by atoms with Crippen molar-refractivity contribution in [1.82, 2.24) is 14.9 Å². The summed E-state index contributed by atoms with van der Waals surface area (Å²) in [5.41, 5.74) is 6.16. The van der Waals surface area contributed by atoms with Gasteiger partial charge in [-0.25, -0.2) is 4.98 Å². The first-order chi connectivity index (χ1) is 8.66. The van der Waals surface area contributed by atoms with Crippen LogP contribution in [0.4, 0.5) is 0 Å². The monoisotopic (exact) mass is 248 g/mol. The van der Waals surface area contributed by atoms with Gasteiger partial charge >= 0.3 is 0 Å². The normalized spacial score (nSPS) is 33.9. The second-order valence-electron chi connectivity index (χ2n) is 5.61. The van der Waals surface area contributed by atoms with E-state index in [4.69, 9.17) is 5.73 Å². The van der Waals surface area contributed by atoms with Gasteiger partial charge in [0.25, 0.3) is 0 Å². The number of amides is 1. The molecular formula is C13H20N4O. The molecule has 1 amide bonds. The summed E-state index contributed by atoms with van der Waals surface area (Å²) in [5, 5.41) is 2.98. The Hall–Kier alpha value is -1.36. The molecule has 2 aliphatic carbocycles. The Balaban J connectivity index is 1.61. The van der Waals surface area contributed by atoms with Crippen molar-refractivity contribution in [3.8, 4) is 0 Å². The van der Waals surface area contributed by atoms with Gasteiger partial charge in [0.2, 0.25) is 5.91 Å². The average Bonchev–Trinajstić information content (AvgIpc) is 3.02. The van der Waals surface area contributed by atoms with Crippen LogP contribution in [0, 0.1) is 17.8 Å². The topological polar surface area (TPSA) is 72.9 Å². The molecule has 3 N–H and O–H groups in total. The van der Waals surface area contributed by atoms with Crippen LogP contribution in [0.2, 0.25) is 0 Å². The maximum absolute atomic E-state index is 12.2. The second kappa shape index (κ2) is 4.39. The van der Waals surface area contributed by atoms with Crippen molar-refractivity contribution in [2.45, 2.75) is 31.8 Å². The summed E-state index contributed by atoms with van der Waals surface area (Å²) < 4.78 is 1.92. The van der Waals surface area contributed by atoms with E-state index in [1.165, 1.54) is 12.8 Å². The van der Waals surface area contributed by atoms with Crippen molar-refractivity contribution < 1.29 is 4.79 Å². The lowest BCUT2D eigenvalue weighted by molar-refractivity contribution is -0.127. The van der Waals surface area contributed by atoms with Gasteiger partial charge in [0.05, 0.1) is 12.5 Å². The van der Waals surface area contributed by atoms with Gasteiger partial charge in [-0.1, -0.05) is 0 Å². The van der Waals surface area contributed by atoms with Gasteiger partial charge in [-0.3, -0.25) is 4.79 Å². The van der Waals surface area contributed by atoms with Crippen LogP contribution in [0.1, 0.15) is 25.1 Å². The van der Waals surface area contributed by atoms with Crippen LogP contribution in [0.15, 0.2) is 12.4 Å². The number of rotatable bonds is 3. The van der Waals surface area contributed by atoms with Crippen molar-refractivity contribution in [3.63, 3.8) is 0 Å². The summed E-state index contributed by atoms with van der Waals surface area (Å²) in [5.74, 6) is 2.08. The lowest BCUT2D eigenvalue weighted by atomic mass is 9.84. The zero-order valence-corrected chi connectivity index (χ0v) is 10.7. The number of hydrogen-bond acceptors (Lipinski definition) is 3. The number of fused-ring (bicyclic) bond motifs is 2. The zero-order valence-electron chi connectivity index (χ0n) is 10.7. The second-order valence-corrected chi connectivity index (χ2v) is 5.61. The Morgan fingerprint density at radius 2 is 2.33 bits per heavy atom. The summed E-state index contributed by atoms with van der Waals surface area (Å²) in [7, 11) is 1.93. The van der Waals surface area contributed by atoms with Crippen LogP contribution in [-0.2, 0) is 18.4 Å². The van der Waals surface area contributed by atoms with Gasteiger partial charge in [-0.2, -0.15) is 0 Å². The van der Waals surface area contributed by atoms with E-state index in [0.717, 1.165) is 12.2 Å². The van der Waals surface area contributed by atoms with Crippen LogP contribution in [0.5, 0.6) is 0 Å². The van der Waals surface area contributed by atoms with Crippen molar-refractivity contribution in [3.05, 3.63) is 18.2 Å². The minimum atomic E-state index is 0.0176. The predicted molar refractivity (Wildman–Crippen MR) is 67.4 cm³/mol. The molecule has 0 aliphatic heterocycles. The van der Waals surface area contributed by atoms with Crippen LogP contribution < -0.4 is 11.1 Å². The summed E-state index contributed by atoms with van der Waals surface area (Å²) >= 11 is 0. The molecule has 0 spiro atoms. The van der Waals surface area contributed by atoms with Crippen molar-refractivity contribution in [2.75, 3.05) is 0 Å². The highest BCUT2D eigenvalue weighted by molar-refractivity contribution is 5.80. The molecule has 2 saturated carbocycles. The molecule has 4 atom stereocenters. The fourth-order valence-corrected chi connectivity index (χ4v) is 3.58. The molecule has 0 radical (unpaired) electrons. The van der Waals surface area contributed by atoms with E-state index in [2.05, 4.69) is 10.3 Å². The average molecular weight is 248 g/mol. The number of carbonyl (C=O) groups excluding carboxylic acids is 1. The molecule has 4 unspecified atom stereocenters. The van der Waals surface area contributed by atoms with Crippen LogP contribution in [-0.4, -0.2) is 21.5 Å². The fraction of sp³-hybridized carbons (Fsp3) is 0.692. The molecule has 5 heteroatoms. The van der Waals surface area contributed by atoms with E-state index in [1.807, 2.05) is 17.8 Å². The van der Waals surface area contributed by atoms with Gasteiger partial charge in [-0.15, -0.1) is 0 Å². The molecule has 0 saturated heterocycles. The minimum Gasteiger partial charge on any atom is -0.349 e. The fourth-order valence-electron chi connectivity index (χ4n) is 3.58. The maximum atomic E-state index is 12.2. The number of nitrogens with zero attached hydrogens (tertiary/aromatic N) is 2. The largest absolute Gasteiger partial charge is 0.349 e. The number of nitrogens with two attached hydrogens (primary N) is 1. The Labute approximate surface area is 107 Å². The first-order valence-corrected chi connectivity index (χ1v) is 6.66. The van der Waals surface area contributed by atoms with Gasteiger partial charge in [0.15, 0.2) is 0 Å². The van der Waals surface area contributed by atoms with Crippen molar-refractivity contribution >= 4 is 5.91 Å². The van der Waals surface area contributed by atoms with Gasteiger partial charge in [0.1, 0.15) is 5.82 Å². The van der Waals surface area contributed by atoms with Crippen LogP contribution >= 0.6 is 0 Å². The van der Waals surface area contributed by atoms with Crippen LogP contribution in [0.3, 0.4) is 0 Å². The van der Waals surface area contributed by atoms with Crippen LogP contribution in [0.25, 0.3) is 0 Å². The molecule has 3 rings (SSSR count). The van der Waals surface area contributed by atoms with E-state index in [-0.39, 0.29) is 17.9 Å². The Morgan fingerprint density at radius 3 is 2.94 bits per heavy atom. The van der Waals surface area contributed by atoms with Gasteiger partial charge in [0, 0.05) is 25.5 Å². The van der Waals surface area contributed by atoms with Gasteiger partial charge in [-0.05, 0) is 31.1 Å². The van der Waals surface area contributed by atoms with E-state index < -0.39 is 0 Å². The number of aromatic nitrogens is 2. The smallest absolute Gasteiger partial charge is 0.225 e. The number of carbonyl (C=O) groups is 1. The third kappa shape index (κ3) is 1.82. The molecule has 1 heterocycles. The van der Waals surface area contributed by atoms with Crippen molar-refractivity contribution in [1.29, 1.82) is 0 Å². The predicted octanol–water partition coefficient (Wildman–Crippen LogP) is 0.410. The molecule has 2 bridgehead atoms. The number of hydrogen-bond donors (Lipinski definition) is 2. The molecule has 5 nitrogen and oxygen atoms in total. The molecule has 18 heavy (non-hydrogen) atoms. The van der Waals surface area contributed by atoms with E-state index >= 15 is 0 Å². The third-order valence-electron chi connectivity index (χ3n) is 4.63. The summed E-state index contributed by atoms with van der Waals surface area (Å²) in [6.45, 7) is 0.489. The summed E-state index contributed by atoms with van der Waals surface area (Å²) in [6.07, 6.45) is 7.13. The number of nitrogens with one attached hydrogen (secondary N) is 1. The third-order valence-corrected chi connectivity index (χ3v) is 4.63. The lowest BCUT2D eigenvalue weighted by Crippen LogP contribution is -2.45. The van der Waals surface area contributed by atoms with Crippen molar-refractivity contribution in [2.24, 2.45) is 30.5 Å². The lowest BCUT2D eigenvalue weighted by Gasteiger charge is -2.26. The summed E-state index contributed by atoms with van der Waals surface area (Å²) in [4.78, 5) is 16.4. The van der Waals surface area contributed by atoms with E-state index in [0.29, 0.717) is 18.4 Å². The van der Waals surface area contributed by atoms with E-state index in [1.54, 1.807) is 6.20 Å². The SMILES string of the molecule is Cn1ccnc1CNC(=O)C1C2CCC(C2)C1N. The first-order valence-electron chi connectivity index (χ1n) is 6.66. The number of aryl methyl sites for hydroxylation is 1. The highest BCUT2D eigenvalue weighted by Gasteiger charge is 2.48. The highest BCUT2D eigenvalue weighted by atomic mass is 16.1. The molecule has 1 aromatic rings. The first kappa shape index (κ1) is 11.7. The van der Waals surface area contributed by atoms with E-state index in [9.17, 15) is 4.79 Å². The maximum Gasteiger partial charge on any atom is 0.225 e. The Kier molecular flexibility index (Phi) is 2.86. The molecule has 0 aromatic carbocycles. The van der Waals surface area contributed by atoms with Gasteiger partial charge < -0.3 is 15.6 Å². The quantitative estimate of drug-likeness (QED) is 0.813.